The maximum atomic E-state index is 12.0. The van der Waals surface area contributed by atoms with Crippen LogP contribution in [0, 0.1) is 11.3 Å². The van der Waals surface area contributed by atoms with Gasteiger partial charge in [-0.1, -0.05) is 42.1 Å². The summed E-state index contributed by atoms with van der Waals surface area (Å²) in [6, 6.07) is 11.4. The molecule has 0 aliphatic rings. The lowest BCUT2D eigenvalue weighted by atomic mass is 10.1. The van der Waals surface area contributed by atoms with Gasteiger partial charge < -0.3 is 10.3 Å². The molecule has 0 atom stereocenters. The van der Waals surface area contributed by atoms with Gasteiger partial charge in [0.2, 0.25) is 5.91 Å². The Bertz CT molecular complexity index is 765. The Labute approximate surface area is 131 Å². The quantitative estimate of drug-likeness (QED) is 0.635. The molecule has 0 fully saturated rings. The highest BCUT2D eigenvalue weighted by molar-refractivity contribution is 7.99. The van der Waals surface area contributed by atoms with Crippen molar-refractivity contribution in [1.82, 2.24) is 15.3 Å². The minimum Gasteiger partial charge on any atom is -0.358 e. The van der Waals surface area contributed by atoms with Gasteiger partial charge in [-0.25, -0.2) is 4.98 Å². The third-order valence-electron chi connectivity index (χ3n) is 2.92. The van der Waals surface area contributed by atoms with Gasteiger partial charge in [0.05, 0.1) is 11.4 Å². The number of nitriles is 1. The minimum atomic E-state index is -0.483. The van der Waals surface area contributed by atoms with Crippen LogP contribution in [0.15, 0.2) is 40.3 Å². The van der Waals surface area contributed by atoms with Gasteiger partial charge in [0.15, 0.2) is 5.16 Å². The summed E-state index contributed by atoms with van der Waals surface area (Å²) in [7, 11) is 1.54. The minimum absolute atomic E-state index is 0.00754. The first-order valence-electron chi connectivity index (χ1n) is 6.54. The standard InChI is InChI=1S/C15H14N4O2S/c1-17-13(20)9-22-15-18-12(11(8-16)14(21)19-15)7-10-5-3-2-4-6-10/h2-6H,7,9H2,1H3,(H,17,20)(H,18,19,21). The zero-order valence-corrected chi connectivity index (χ0v) is 12.7. The Balaban J connectivity index is 2.30. The second-order valence-electron chi connectivity index (χ2n) is 4.43. The zero-order chi connectivity index (χ0) is 15.9. The number of carbonyl (C=O) groups excluding carboxylic acids is 1. The molecule has 1 aromatic heterocycles. The normalized spacial score (nSPS) is 10.0. The number of benzene rings is 1. The fourth-order valence-electron chi connectivity index (χ4n) is 1.80. The molecule has 0 saturated heterocycles. The largest absolute Gasteiger partial charge is 0.358 e. The number of aromatic nitrogens is 2. The van der Waals surface area contributed by atoms with E-state index >= 15 is 0 Å². The third kappa shape index (κ3) is 3.96. The summed E-state index contributed by atoms with van der Waals surface area (Å²) in [5, 5.41) is 12.0. The molecule has 22 heavy (non-hydrogen) atoms. The van der Waals surface area contributed by atoms with Crippen molar-refractivity contribution in [3.8, 4) is 6.07 Å². The molecule has 112 valence electrons. The maximum absolute atomic E-state index is 12.0. The van der Waals surface area contributed by atoms with Crippen LogP contribution >= 0.6 is 11.8 Å². The molecule has 0 unspecified atom stereocenters. The number of hydrogen-bond donors (Lipinski definition) is 2. The molecule has 2 rings (SSSR count). The predicted molar refractivity (Wildman–Crippen MR) is 83.6 cm³/mol. The fourth-order valence-corrected chi connectivity index (χ4v) is 2.56. The highest BCUT2D eigenvalue weighted by atomic mass is 32.2. The van der Waals surface area contributed by atoms with Crippen LogP contribution in [0.1, 0.15) is 16.8 Å². The van der Waals surface area contributed by atoms with E-state index in [9.17, 15) is 9.59 Å². The molecule has 0 aliphatic heterocycles. The van der Waals surface area contributed by atoms with Gasteiger partial charge >= 0.3 is 0 Å². The lowest BCUT2D eigenvalue weighted by molar-refractivity contribution is -0.118. The Morgan fingerprint density at radius 2 is 2.14 bits per heavy atom. The van der Waals surface area contributed by atoms with Crippen LogP contribution < -0.4 is 10.9 Å². The molecule has 0 radical (unpaired) electrons. The second kappa shape index (κ2) is 7.43. The zero-order valence-electron chi connectivity index (χ0n) is 11.9. The number of nitrogens with zero attached hydrogens (tertiary/aromatic N) is 2. The topological polar surface area (TPSA) is 98.6 Å². The van der Waals surface area contributed by atoms with Crippen LogP contribution in [0.3, 0.4) is 0 Å². The first-order valence-corrected chi connectivity index (χ1v) is 7.53. The molecular weight excluding hydrogens is 300 g/mol. The lowest BCUT2D eigenvalue weighted by Crippen LogP contribution is -2.21. The maximum Gasteiger partial charge on any atom is 0.269 e. The summed E-state index contributed by atoms with van der Waals surface area (Å²) >= 11 is 1.12. The SMILES string of the molecule is CNC(=O)CSc1nc(Cc2ccccc2)c(C#N)c(=O)[nH]1. The molecule has 1 aromatic carbocycles. The Morgan fingerprint density at radius 3 is 2.77 bits per heavy atom. The van der Waals surface area contributed by atoms with E-state index in [0.717, 1.165) is 17.3 Å². The van der Waals surface area contributed by atoms with Crippen molar-refractivity contribution < 1.29 is 4.79 Å². The summed E-state index contributed by atoms with van der Waals surface area (Å²) in [4.78, 5) is 30.1. The number of nitrogens with one attached hydrogen (secondary N) is 2. The number of amides is 1. The van der Waals surface area contributed by atoms with Crippen LogP contribution in [-0.4, -0.2) is 28.7 Å². The number of hydrogen-bond acceptors (Lipinski definition) is 5. The van der Waals surface area contributed by atoms with E-state index < -0.39 is 5.56 Å². The molecular formula is C15H14N4O2S. The number of thioether (sulfide) groups is 1. The molecule has 0 bridgehead atoms. The van der Waals surface area contributed by atoms with Crippen molar-refractivity contribution in [2.45, 2.75) is 11.6 Å². The molecule has 2 N–H and O–H groups in total. The van der Waals surface area contributed by atoms with Crippen molar-refractivity contribution in [3.05, 3.63) is 57.5 Å². The van der Waals surface area contributed by atoms with Gasteiger partial charge in [0, 0.05) is 13.5 Å². The van der Waals surface area contributed by atoms with Crippen LogP contribution in [-0.2, 0) is 11.2 Å². The first kappa shape index (κ1) is 15.8. The highest BCUT2D eigenvalue weighted by Crippen LogP contribution is 2.15. The summed E-state index contributed by atoms with van der Waals surface area (Å²) in [5.74, 6) is -0.0162. The summed E-state index contributed by atoms with van der Waals surface area (Å²) in [6.07, 6.45) is 0.390. The number of H-pyrrole nitrogens is 1. The second-order valence-corrected chi connectivity index (χ2v) is 5.39. The van der Waals surface area contributed by atoms with Crippen molar-refractivity contribution in [2.75, 3.05) is 12.8 Å². The van der Waals surface area contributed by atoms with E-state index in [1.54, 1.807) is 7.05 Å². The van der Waals surface area contributed by atoms with Gasteiger partial charge in [-0.05, 0) is 5.56 Å². The van der Waals surface area contributed by atoms with E-state index in [2.05, 4.69) is 15.3 Å². The predicted octanol–water partition coefficient (Wildman–Crippen LogP) is 1.07. The molecule has 1 heterocycles. The van der Waals surface area contributed by atoms with E-state index in [1.165, 1.54) is 0 Å². The smallest absolute Gasteiger partial charge is 0.269 e. The Hall–Kier alpha value is -2.59. The van der Waals surface area contributed by atoms with Crippen molar-refractivity contribution >= 4 is 17.7 Å². The molecule has 6 nitrogen and oxygen atoms in total. The number of aromatic amines is 1. The van der Waals surface area contributed by atoms with Crippen LogP contribution in [0.2, 0.25) is 0 Å². The van der Waals surface area contributed by atoms with Gasteiger partial charge in [-0.15, -0.1) is 0 Å². The number of rotatable bonds is 5. The average Bonchev–Trinajstić information content (AvgIpc) is 2.53. The summed E-state index contributed by atoms with van der Waals surface area (Å²) in [5.41, 5.74) is 0.896. The van der Waals surface area contributed by atoms with E-state index in [1.807, 2.05) is 36.4 Å². The van der Waals surface area contributed by atoms with Crippen LogP contribution in [0.25, 0.3) is 0 Å². The summed E-state index contributed by atoms with van der Waals surface area (Å²) in [6.45, 7) is 0. The van der Waals surface area contributed by atoms with Crippen molar-refractivity contribution in [1.29, 1.82) is 5.26 Å². The van der Waals surface area contributed by atoms with E-state index in [4.69, 9.17) is 5.26 Å². The van der Waals surface area contributed by atoms with Crippen molar-refractivity contribution in [3.63, 3.8) is 0 Å². The van der Waals surface area contributed by atoms with Gasteiger partial charge in [-0.3, -0.25) is 9.59 Å². The Morgan fingerprint density at radius 1 is 1.41 bits per heavy atom. The Kier molecular flexibility index (Phi) is 5.33. The lowest BCUT2D eigenvalue weighted by Gasteiger charge is -2.06. The van der Waals surface area contributed by atoms with Crippen molar-refractivity contribution in [2.24, 2.45) is 0 Å². The van der Waals surface area contributed by atoms with Crippen LogP contribution in [0.4, 0.5) is 0 Å². The molecule has 2 aromatic rings. The molecule has 0 saturated carbocycles. The van der Waals surface area contributed by atoms with E-state index in [-0.39, 0.29) is 17.2 Å². The first-order chi connectivity index (χ1) is 10.6. The molecule has 1 amide bonds. The average molecular weight is 314 g/mol. The van der Waals surface area contributed by atoms with E-state index in [0.29, 0.717) is 17.3 Å². The molecule has 0 aliphatic carbocycles. The number of carbonyl (C=O) groups is 1. The highest BCUT2D eigenvalue weighted by Gasteiger charge is 2.13. The molecule has 0 spiro atoms. The van der Waals surface area contributed by atoms with Crippen LogP contribution in [0.5, 0.6) is 0 Å². The van der Waals surface area contributed by atoms with Gasteiger partial charge in [-0.2, -0.15) is 5.26 Å². The summed E-state index contributed by atoms with van der Waals surface area (Å²) < 4.78 is 0. The molecule has 7 heteroatoms. The van der Waals surface area contributed by atoms with Gasteiger partial charge in [0.1, 0.15) is 11.6 Å². The van der Waals surface area contributed by atoms with Gasteiger partial charge in [0.25, 0.3) is 5.56 Å². The fraction of sp³-hybridized carbons (Fsp3) is 0.200. The monoisotopic (exact) mass is 314 g/mol. The third-order valence-corrected chi connectivity index (χ3v) is 3.79.